The summed E-state index contributed by atoms with van der Waals surface area (Å²) in [5.41, 5.74) is 3.59. The van der Waals surface area contributed by atoms with Gasteiger partial charge in [-0.3, -0.25) is 4.79 Å². The number of nitrogens with two attached hydrogens (primary N) is 1. The summed E-state index contributed by atoms with van der Waals surface area (Å²) in [4.78, 5) is 16.0. The number of carbonyl (C=O) groups excluding carboxylic acids is 1. The molecule has 0 aliphatic carbocycles. The van der Waals surface area contributed by atoms with E-state index in [-0.39, 0.29) is 5.91 Å². The van der Waals surface area contributed by atoms with Crippen LogP contribution in [0.15, 0.2) is 36.5 Å². The molecule has 20 heavy (non-hydrogen) atoms. The summed E-state index contributed by atoms with van der Waals surface area (Å²) in [6.07, 6.45) is 1.46. The molecule has 0 unspecified atom stereocenters. The number of nitrogens with one attached hydrogen (secondary N) is 2. The lowest BCUT2D eigenvalue weighted by Gasteiger charge is -2.08. The van der Waals surface area contributed by atoms with Crippen molar-refractivity contribution in [2.24, 2.45) is 5.84 Å². The Morgan fingerprint density at radius 3 is 2.80 bits per heavy atom. The van der Waals surface area contributed by atoms with Gasteiger partial charge in [0.15, 0.2) is 0 Å². The van der Waals surface area contributed by atoms with Gasteiger partial charge in [-0.15, -0.1) is 0 Å². The molecule has 2 rings (SSSR count). The molecule has 0 aliphatic rings. The summed E-state index contributed by atoms with van der Waals surface area (Å²) in [7, 11) is 0. The minimum atomic E-state index is -0.351. The minimum absolute atomic E-state index is 0.295. The van der Waals surface area contributed by atoms with Gasteiger partial charge in [-0.1, -0.05) is 11.6 Å². The number of nitrogens with zero attached hydrogens (tertiary/aromatic N) is 2. The fourth-order valence-corrected chi connectivity index (χ4v) is 1.76. The van der Waals surface area contributed by atoms with Gasteiger partial charge < -0.3 is 10.7 Å². The van der Waals surface area contributed by atoms with E-state index in [1.807, 2.05) is 6.07 Å². The van der Waals surface area contributed by atoms with Crippen molar-refractivity contribution in [2.45, 2.75) is 0 Å². The molecular formula is C13H10ClN5O. The maximum atomic E-state index is 12.1. The molecule has 0 bridgehead atoms. The Morgan fingerprint density at radius 1 is 1.35 bits per heavy atom. The standard InChI is InChI=1S/C13H10ClN5O/c14-10-5-8(7-15)1-2-11(10)18-13(20)9-3-4-17-12(6-9)19-16/h1-6H,16H2,(H,17,19)(H,18,20). The largest absolute Gasteiger partial charge is 0.321 e. The van der Waals surface area contributed by atoms with Crippen LogP contribution in [0.3, 0.4) is 0 Å². The first-order valence-corrected chi connectivity index (χ1v) is 5.95. The van der Waals surface area contributed by atoms with E-state index in [0.717, 1.165) is 0 Å². The van der Waals surface area contributed by atoms with Gasteiger partial charge >= 0.3 is 0 Å². The Hall–Kier alpha value is -2.62. The van der Waals surface area contributed by atoms with Gasteiger partial charge in [-0.05, 0) is 30.3 Å². The van der Waals surface area contributed by atoms with Crippen molar-refractivity contribution in [3.05, 3.63) is 52.7 Å². The Balaban J connectivity index is 2.21. The summed E-state index contributed by atoms with van der Waals surface area (Å²) < 4.78 is 0. The Bertz CT molecular complexity index is 695. The van der Waals surface area contributed by atoms with E-state index in [2.05, 4.69) is 15.7 Å². The van der Waals surface area contributed by atoms with Crippen LogP contribution < -0.4 is 16.6 Å². The van der Waals surface area contributed by atoms with Gasteiger partial charge in [0.2, 0.25) is 0 Å². The number of halogens is 1. The van der Waals surface area contributed by atoms with E-state index in [4.69, 9.17) is 22.7 Å². The normalized spacial score (nSPS) is 9.65. The first-order chi connectivity index (χ1) is 9.63. The van der Waals surface area contributed by atoms with Crippen LogP contribution in [0.25, 0.3) is 0 Å². The monoisotopic (exact) mass is 287 g/mol. The summed E-state index contributed by atoms with van der Waals surface area (Å²) in [6, 6.07) is 9.65. The van der Waals surface area contributed by atoms with Crippen molar-refractivity contribution in [1.29, 1.82) is 5.26 Å². The van der Waals surface area contributed by atoms with Crippen LogP contribution in [-0.4, -0.2) is 10.9 Å². The van der Waals surface area contributed by atoms with Crippen molar-refractivity contribution in [3.8, 4) is 6.07 Å². The number of hydrogen-bond acceptors (Lipinski definition) is 5. The number of nitrogen functional groups attached to an aromatic ring is 1. The molecule has 0 atom stereocenters. The van der Waals surface area contributed by atoms with Crippen LogP contribution in [0, 0.1) is 11.3 Å². The Labute approximate surface area is 120 Å². The lowest BCUT2D eigenvalue weighted by Crippen LogP contribution is -2.14. The van der Waals surface area contributed by atoms with Crippen molar-refractivity contribution in [3.63, 3.8) is 0 Å². The van der Waals surface area contributed by atoms with Gasteiger partial charge in [0.25, 0.3) is 5.91 Å². The summed E-state index contributed by atoms with van der Waals surface area (Å²) in [5.74, 6) is 5.26. The van der Waals surface area contributed by atoms with E-state index in [1.165, 1.54) is 18.3 Å². The van der Waals surface area contributed by atoms with Crippen LogP contribution in [-0.2, 0) is 0 Å². The summed E-state index contributed by atoms with van der Waals surface area (Å²) in [6.45, 7) is 0. The van der Waals surface area contributed by atoms with E-state index < -0.39 is 0 Å². The number of benzene rings is 1. The highest BCUT2D eigenvalue weighted by atomic mass is 35.5. The molecule has 0 radical (unpaired) electrons. The van der Waals surface area contributed by atoms with Gasteiger partial charge in [0.05, 0.1) is 22.3 Å². The second kappa shape index (κ2) is 6.02. The molecule has 7 heteroatoms. The fraction of sp³-hybridized carbons (Fsp3) is 0. The zero-order chi connectivity index (χ0) is 14.5. The Morgan fingerprint density at radius 2 is 2.15 bits per heavy atom. The molecule has 2 aromatic rings. The van der Waals surface area contributed by atoms with Gasteiger partial charge in [0.1, 0.15) is 5.82 Å². The summed E-state index contributed by atoms with van der Waals surface area (Å²) >= 11 is 5.99. The molecule has 0 spiro atoms. The van der Waals surface area contributed by atoms with Gasteiger partial charge in [-0.2, -0.15) is 5.26 Å². The highest BCUT2D eigenvalue weighted by Crippen LogP contribution is 2.23. The first-order valence-electron chi connectivity index (χ1n) is 5.57. The van der Waals surface area contributed by atoms with E-state index in [1.54, 1.807) is 18.2 Å². The lowest BCUT2D eigenvalue weighted by atomic mass is 10.2. The third-order valence-corrected chi connectivity index (χ3v) is 2.83. The lowest BCUT2D eigenvalue weighted by molar-refractivity contribution is 0.102. The molecule has 1 amide bonds. The number of hydrazine groups is 1. The van der Waals surface area contributed by atoms with Crippen molar-refractivity contribution < 1.29 is 4.79 Å². The van der Waals surface area contributed by atoms with Crippen LogP contribution in [0.1, 0.15) is 15.9 Å². The molecule has 0 aliphatic heterocycles. The van der Waals surface area contributed by atoms with Gasteiger partial charge in [0, 0.05) is 11.8 Å². The molecule has 0 fully saturated rings. The number of nitriles is 1. The predicted octanol–water partition coefficient (Wildman–Crippen LogP) is 2.14. The number of amides is 1. The third kappa shape index (κ3) is 3.03. The molecule has 1 aromatic carbocycles. The SMILES string of the molecule is N#Cc1ccc(NC(=O)c2ccnc(NN)c2)c(Cl)c1. The third-order valence-electron chi connectivity index (χ3n) is 2.52. The zero-order valence-corrected chi connectivity index (χ0v) is 11.0. The maximum Gasteiger partial charge on any atom is 0.255 e. The smallest absolute Gasteiger partial charge is 0.255 e. The molecule has 0 saturated heterocycles. The summed E-state index contributed by atoms with van der Waals surface area (Å²) in [5, 5.41) is 11.7. The second-order valence-electron chi connectivity index (χ2n) is 3.83. The first kappa shape index (κ1) is 13.8. The van der Waals surface area contributed by atoms with Crippen molar-refractivity contribution in [2.75, 3.05) is 10.7 Å². The fourth-order valence-electron chi connectivity index (χ4n) is 1.53. The minimum Gasteiger partial charge on any atom is -0.321 e. The van der Waals surface area contributed by atoms with Crippen LogP contribution in [0.5, 0.6) is 0 Å². The molecule has 6 nitrogen and oxygen atoms in total. The number of anilines is 2. The van der Waals surface area contributed by atoms with Crippen LogP contribution >= 0.6 is 11.6 Å². The topological polar surface area (TPSA) is 104 Å². The number of rotatable bonds is 3. The van der Waals surface area contributed by atoms with E-state index >= 15 is 0 Å². The molecule has 1 heterocycles. The van der Waals surface area contributed by atoms with Gasteiger partial charge in [-0.25, -0.2) is 10.8 Å². The van der Waals surface area contributed by atoms with Crippen LogP contribution in [0.2, 0.25) is 5.02 Å². The number of aromatic nitrogens is 1. The molecule has 0 saturated carbocycles. The van der Waals surface area contributed by atoms with E-state index in [9.17, 15) is 4.79 Å². The molecule has 1 aromatic heterocycles. The average molecular weight is 288 g/mol. The van der Waals surface area contributed by atoms with Crippen molar-refractivity contribution in [1.82, 2.24) is 4.98 Å². The predicted molar refractivity (Wildman–Crippen MR) is 76.2 cm³/mol. The molecular weight excluding hydrogens is 278 g/mol. The zero-order valence-electron chi connectivity index (χ0n) is 10.2. The molecule has 4 N–H and O–H groups in total. The quantitative estimate of drug-likeness (QED) is 0.593. The maximum absolute atomic E-state index is 12.1. The number of carbonyl (C=O) groups is 1. The van der Waals surface area contributed by atoms with Crippen LogP contribution in [0.4, 0.5) is 11.5 Å². The second-order valence-corrected chi connectivity index (χ2v) is 4.24. The highest BCUT2D eigenvalue weighted by Gasteiger charge is 2.09. The number of pyridine rings is 1. The van der Waals surface area contributed by atoms with E-state index in [0.29, 0.717) is 27.7 Å². The van der Waals surface area contributed by atoms with Crippen molar-refractivity contribution >= 4 is 29.0 Å². The highest BCUT2D eigenvalue weighted by molar-refractivity contribution is 6.34. The number of hydrogen-bond donors (Lipinski definition) is 3. The Kier molecular flexibility index (Phi) is 4.15. The molecule has 100 valence electrons. The average Bonchev–Trinajstić information content (AvgIpc) is 2.49.